The molecule has 1 aliphatic carbocycles. The zero-order valence-corrected chi connectivity index (χ0v) is 11.4. The van der Waals surface area contributed by atoms with Gasteiger partial charge in [0.15, 0.2) is 0 Å². The molecule has 1 N–H and O–H groups in total. The van der Waals surface area contributed by atoms with Crippen LogP contribution >= 0.6 is 0 Å². The summed E-state index contributed by atoms with van der Waals surface area (Å²) in [5.41, 5.74) is 1.26. The molecule has 4 nitrogen and oxygen atoms in total. The number of nitrogens with zero attached hydrogens (tertiary/aromatic N) is 2. The van der Waals surface area contributed by atoms with Crippen molar-refractivity contribution in [1.82, 2.24) is 15.5 Å². The number of nitrogens with one attached hydrogen (secondary N) is 1. The highest BCUT2D eigenvalue weighted by Gasteiger charge is 2.50. The van der Waals surface area contributed by atoms with Crippen LogP contribution in [-0.2, 0) is 12.0 Å². The predicted molar refractivity (Wildman–Crippen MR) is 72.7 cm³/mol. The smallest absolute Gasteiger partial charge is 0.230 e. The molecule has 0 amide bonds. The molecular weight excluding hydrogens is 238 g/mol. The van der Waals surface area contributed by atoms with Gasteiger partial charge < -0.3 is 9.73 Å². The van der Waals surface area contributed by atoms with Gasteiger partial charge in [-0.3, -0.25) is 0 Å². The SMILES string of the molecule is CC(C)NCc1nnc(C2(c3ccccc3)CC2)o1. The van der Waals surface area contributed by atoms with Gasteiger partial charge in [0.25, 0.3) is 0 Å². The summed E-state index contributed by atoms with van der Waals surface area (Å²) in [6.45, 7) is 4.84. The Hall–Kier alpha value is -1.68. The normalized spacial score (nSPS) is 16.8. The van der Waals surface area contributed by atoms with E-state index >= 15 is 0 Å². The monoisotopic (exact) mass is 257 g/mol. The van der Waals surface area contributed by atoms with Crippen molar-refractivity contribution >= 4 is 0 Å². The molecule has 1 saturated carbocycles. The summed E-state index contributed by atoms with van der Waals surface area (Å²) < 4.78 is 5.83. The van der Waals surface area contributed by atoms with Gasteiger partial charge in [-0.25, -0.2) is 0 Å². The van der Waals surface area contributed by atoms with Crippen LogP contribution in [0.4, 0.5) is 0 Å². The Balaban J connectivity index is 1.79. The minimum atomic E-state index is -0.0235. The van der Waals surface area contributed by atoms with Gasteiger partial charge in [0.1, 0.15) is 0 Å². The summed E-state index contributed by atoms with van der Waals surface area (Å²) in [6.07, 6.45) is 2.19. The first kappa shape index (κ1) is 12.4. The minimum Gasteiger partial charge on any atom is -0.423 e. The van der Waals surface area contributed by atoms with Gasteiger partial charge in [-0.1, -0.05) is 44.2 Å². The van der Waals surface area contributed by atoms with Crippen LogP contribution in [0, 0.1) is 0 Å². The van der Waals surface area contributed by atoms with Gasteiger partial charge >= 0.3 is 0 Å². The first-order valence-electron chi connectivity index (χ1n) is 6.82. The summed E-state index contributed by atoms with van der Waals surface area (Å²) in [5, 5.41) is 11.7. The second-order valence-corrected chi connectivity index (χ2v) is 5.48. The largest absolute Gasteiger partial charge is 0.423 e. The summed E-state index contributed by atoms with van der Waals surface area (Å²) in [7, 11) is 0. The Labute approximate surface area is 113 Å². The van der Waals surface area contributed by atoms with Crippen molar-refractivity contribution in [2.24, 2.45) is 0 Å². The maximum Gasteiger partial charge on any atom is 0.230 e. The van der Waals surface area contributed by atoms with Gasteiger partial charge in [-0.15, -0.1) is 10.2 Å². The van der Waals surface area contributed by atoms with E-state index in [0.29, 0.717) is 18.5 Å². The zero-order chi connectivity index (χ0) is 13.3. The topological polar surface area (TPSA) is 51.0 Å². The number of hydrogen-bond acceptors (Lipinski definition) is 4. The molecule has 3 rings (SSSR count). The van der Waals surface area contributed by atoms with Crippen LogP contribution in [0.5, 0.6) is 0 Å². The Morgan fingerprint density at radius 2 is 1.95 bits per heavy atom. The van der Waals surface area contributed by atoms with Crippen LogP contribution in [0.15, 0.2) is 34.7 Å². The third-order valence-electron chi connectivity index (χ3n) is 3.61. The average Bonchev–Trinajstić information content (AvgIpc) is 3.10. The van der Waals surface area contributed by atoms with Crippen molar-refractivity contribution < 1.29 is 4.42 Å². The maximum atomic E-state index is 5.83. The summed E-state index contributed by atoms with van der Waals surface area (Å²) in [5.74, 6) is 1.44. The van der Waals surface area contributed by atoms with E-state index < -0.39 is 0 Å². The lowest BCUT2D eigenvalue weighted by Crippen LogP contribution is -2.21. The van der Waals surface area contributed by atoms with E-state index in [0.717, 1.165) is 18.7 Å². The molecule has 2 aromatic rings. The first-order valence-corrected chi connectivity index (χ1v) is 6.82. The van der Waals surface area contributed by atoms with Gasteiger partial charge in [0.2, 0.25) is 11.8 Å². The molecule has 1 aromatic heterocycles. The van der Waals surface area contributed by atoms with E-state index in [1.807, 2.05) is 6.07 Å². The second kappa shape index (κ2) is 4.78. The summed E-state index contributed by atoms with van der Waals surface area (Å²) >= 11 is 0. The molecule has 1 aliphatic rings. The van der Waals surface area contributed by atoms with Crippen molar-refractivity contribution in [2.45, 2.75) is 44.7 Å². The van der Waals surface area contributed by atoms with E-state index in [1.54, 1.807) is 0 Å². The quantitative estimate of drug-likeness (QED) is 0.894. The maximum absolute atomic E-state index is 5.83. The zero-order valence-electron chi connectivity index (χ0n) is 11.4. The highest BCUT2D eigenvalue weighted by Crippen LogP contribution is 2.52. The van der Waals surface area contributed by atoms with E-state index in [-0.39, 0.29) is 5.41 Å². The number of rotatable bonds is 5. The molecule has 19 heavy (non-hydrogen) atoms. The molecule has 0 saturated heterocycles. The van der Waals surface area contributed by atoms with Crippen LogP contribution in [0.3, 0.4) is 0 Å². The van der Waals surface area contributed by atoms with E-state index in [9.17, 15) is 0 Å². The number of aromatic nitrogens is 2. The Kier molecular flexibility index (Phi) is 3.11. The lowest BCUT2D eigenvalue weighted by Gasteiger charge is -2.10. The summed E-state index contributed by atoms with van der Waals surface area (Å²) in [6, 6.07) is 10.9. The average molecular weight is 257 g/mol. The standard InChI is InChI=1S/C15H19N3O/c1-11(2)16-10-13-17-18-14(19-13)15(8-9-15)12-6-4-3-5-7-12/h3-7,11,16H,8-10H2,1-2H3. The highest BCUT2D eigenvalue weighted by molar-refractivity contribution is 5.37. The van der Waals surface area contributed by atoms with Gasteiger partial charge in [-0.2, -0.15) is 0 Å². The predicted octanol–water partition coefficient (Wildman–Crippen LogP) is 2.65. The van der Waals surface area contributed by atoms with E-state index in [4.69, 9.17) is 4.42 Å². The molecule has 1 heterocycles. The number of benzene rings is 1. The van der Waals surface area contributed by atoms with Gasteiger partial charge in [0.05, 0.1) is 12.0 Å². The van der Waals surface area contributed by atoms with Crippen LogP contribution < -0.4 is 5.32 Å². The molecule has 1 fully saturated rings. The third kappa shape index (κ3) is 2.40. The fourth-order valence-corrected chi connectivity index (χ4v) is 2.32. The fraction of sp³-hybridized carbons (Fsp3) is 0.467. The van der Waals surface area contributed by atoms with Crippen LogP contribution in [0.25, 0.3) is 0 Å². The molecule has 0 aliphatic heterocycles. The summed E-state index contributed by atoms with van der Waals surface area (Å²) in [4.78, 5) is 0. The van der Waals surface area contributed by atoms with Crippen molar-refractivity contribution in [3.05, 3.63) is 47.7 Å². The Morgan fingerprint density at radius 1 is 1.21 bits per heavy atom. The highest BCUT2D eigenvalue weighted by atomic mass is 16.4. The Morgan fingerprint density at radius 3 is 2.58 bits per heavy atom. The van der Waals surface area contributed by atoms with Crippen molar-refractivity contribution in [3.8, 4) is 0 Å². The van der Waals surface area contributed by atoms with Crippen molar-refractivity contribution in [2.75, 3.05) is 0 Å². The lowest BCUT2D eigenvalue weighted by molar-refractivity contribution is 0.404. The van der Waals surface area contributed by atoms with Crippen LogP contribution in [-0.4, -0.2) is 16.2 Å². The second-order valence-electron chi connectivity index (χ2n) is 5.48. The molecule has 0 radical (unpaired) electrons. The fourth-order valence-electron chi connectivity index (χ4n) is 2.32. The first-order chi connectivity index (χ1) is 9.21. The molecule has 4 heteroatoms. The van der Waals surface area contributed by atoms with E-state index in [1.165, 1.54) is 5.56 Å². The molecule has 0 unspecified atom stereocenters. The van der Waals surface area contributed by atoms with E-state index in [2.05, 4.69) is 53.6 Å². The molecule has 0 atom stereocenters. The van der Waals surface area contributed by atoms with Crippen LogP contribution in [0.1, 0.15) is 44.0 Å². The van der Waals surface area contributed by atoms with Gasteiger partial charge in [-0.05, 0) is 18.4 Å². The molecule has 0 bridgehead atoms. The van der Waals surface area contributed by atoms with Crippen LogP contribution in [0.2, 0.25) is 0 Å². The molecule has 0 spiro atoms. The Bertz CT molecular complexity index is 544. The molecule has 100 valence electrons. The molecular formula is C15H19N3O. The lowest BCUT2D eigenvalue weighted by atomic mass is 9.96. The third-order valence-corrected chi connectivity index (χ3v) is 3.61. The molecule has 1 aromatic carbocycles. The number of hydrogen-bond donors (Lipinski definition) is 1. The van der Waals surface area contributed by atoms with Crippen molar-refractivity contribution in [1.29, 1.82) is 0 Å². The van der Waals surface area contributed by atoms with Gasteiger partial charge in [0, 0.05) is 6.04 Å². The minimum absolute atomic E-state index is 0.0235. The van der Waals surface area contributed by atoms with Crippen molar-refractivity contribution in [3.63, 3.8) is 0 Å².